The van der Waals surface area contributed by atoms with Gasteiger partial charge in [0, 0.05) is 6.07 Å². The van der Waals surface area contributed by atoms with Gasteiger partial charge in [0.1, 0.15) is 23.7 Å². The zero-order valence-corrected chi connectivity index (χ0v) is 18.9. The Bertz CT molecular complexity index is 627. The Morgan fingerprint density at radius 2 is 1.71 bits per heavy atom. The molecule has 0 aromatic heterocycles. The first-order chi connectivity index (χ1) is 13.0. The molecule has 0 aliphatic carbocycles. The third kappa shape index (κ3) is 6.86. The summed E-state index contributed by atoms with van der Waals surface area (Å²) in [5.41, 5.74) is 0. The number of benzene rings is 1. The molecule has 1 N–H and O–H groups in total. The number of phenols is 1. The first-order valence-corrected chi connectivity index (χ1v) is 10.1. The minimum atomic E-state index is -0.409. The highest BCUT2D eigenvalue weighted by atomic mass is 79.9. The first-order valence-electron chi connectivity index (χ1n) is 9.30. The molecule has 28 heavy (non-hydrogen) atoms. The highest BCUT2D eigenvalue weighted by molar-refractivity contribution is 9.10. The average Bonchev–Trinajstić information content (AvgIpc) is 3.26. The molecule has 0 spiro atoms. The monoisotopic (exact) mass is 462 g/mol. The first kappa shape index (κ1) is 23.4. The second kappa shape index (κ2) is 9.73. The molecule has 0 saturated carbocycles. The van der Waals surface area contributed by atoms with Crippen LogP contribution in [0.15, 0.2) is 22.7 Å². The minimum Gasteiger partial charge on any atom is -0.507 e. The van der Waals surface area contributed by atoms with E-state index in [2.05, 4.69) is 15.9 Å². The van der Waals surface area contributed by atoms with E-state index >= 15 is 0 Å². The Labute approximate surface area is 175 Å². The number of methoxy groups -OCH3 is 1. The third-order valence-electron chi connectivity index (χ3n) is 4.34. The van der Waals surface area contributed by atoms with Gasteiger partial charge < -0.3 is 33.5 Å². The molecule has 4 rings (SSSR count). The third-order valence-corrected chi connectivity index (χ3v) is 5.01. The van der Waals surface area contributed by atoms with Gasteiger partial charge in [0.25, 0.3) is 0 Å². The number of ether oxygens (including phenoxy) is 6. The maximum atomic E-state index is 9.10. The van der Waals surface area contributed by atoms with Gasteiger partial charge in [-0.1, -0.05) is 0 Å². The van der Waals surface area contributed by atoms with Crippen molar-refractivity contribution < 1.29 is 33.5 Å². The molecule has 0 bridgehead atoms. The van der Waals surface area contributed by atoms with E-state index in [9.17, 15) is 0 Å². The molecule has 1 unspecified atom stereocenters. The summed E-state index contributed by atoms with van der Waals surface area (Å²) in [4.78, 5) is 0. The smallest absolute Gasteiger partial charge is 0.164 e. The summed E-state index contributed by atoms with van der Waals surface area (Å²) in [5, 5.41) is 9.10. The van der Waals surface area contributed by atoms with E-state index in [-0.39, 0.29) is 29.8 Å². The number of aromatic hydroxyl groups is 1. The van der Waals surface area contributed by atoms with Gasteiger partial charge in [-0.3, -0.25) is 0 Å². The normalized spacial score (nSPS) is 29.2. The highest BCUT2D eigenvalue weighted by Crippen LogP contribution is 2.34. The van der Waals surface area contributed by atoms with Gasteiger partial charge >= 0.3 is 0 Å². The van der Waals surface area contributed by atoms with Gasteiger partial charge in [-0.15, -0.1) is 0 Å². The number of rotatable bonds is 1. The van der Waals surface area contributed by atoms with Gasteiger partial charge in [-0.25, -0.2) is 0 Å². The van der Waals surface area contributed by atoms with E-state index in [1.165, 1.54) is 0 Å². The van der Waals surface area contributed by atoms with Gasteiger partial charge in [0.2, 0.25) is 0 Å². The van der Waals surface area contributed by atoms with Crippen molar-refractivity contribution in [3.63, 3.8) is 0 Å². The number of fused-ring (bicyclic) bond motifs is 1. The molecule has 0 radical (unpaired) electrons. The summed E-state index contributed by atoms with van der Waals surface area (Å²) in [6.45, 7) is 11.9. The fourth-order valence-electron chi connectivity index (χ4n) is 2.97. The van der Waals surface area contributed by atoms with Crippen LogP contribution in [0.1, 0.15) is 34.6 Å². The van der Waals surface area contributed by atoms with Crippen LogP contribution in [0.5, 0.6) is 11.5 Å². The summed E-state index contributed by atoms with van der Waals surface area (Å²) in [5.74, 6) is 0.132. The lowest BCUT2D eigenvalue weighted by Crippen LogP contribution is -2.27. The zero-order chi connectivity index (χ0) is 20.9. The molecule has 3 saturated heterocycles. The lowest BCUT2D eigenvalue weighted by Gasteiger charge is -2.19. The molecule has 0 amide bonds. The van der Waals surface area contributed by atoms with E-state index < -0.39 is 5.79 Å². The molecule has 3 atom stereocenters. The van der Waals surface area contributed by atoms with Gasteiger partial charge in [-0.05, 0) is 62.7 Å². The van der Waals surface area contributed by atoms with Crippen LogP contribution in [-0.2, 0) is 23.7 Å². The molecule has 3 aliphatic heterocycles. The topological polar surface area (TPSA) is 75.6 Å². The average molecular weight is 463 g/mol. The van der Waals surface area contributed by atoms with E-state index in [1.807, 2.05) is 34.6 Å². The molecule has 1 aromatic carbocycles. The number of halogens is 1. The molecular formula is C20H31BrO7. The predicted octanol–water partition coefficient (Wildman–Crippen LogP) is 3.86. The van der Waals surface area contributed by atoms with Crippen molar-refractivity contribution in [1.29, 1.82) is 0 Å². The van der Waals surface area contributed by atoms with Gasteiger partial charge in [0.05, 0.1) is 37.5 Å². The molecule has 7 nitrogen and oxygen atoms in total. The van der Waals surface area contributed by atoms with Crippen molar-refractivity contribution in [1.82, 2.24) is 0 Å². The van der Waals surface area contributed by atoms with Crippen molar-refractivity contribution in [2.24, 2.45) is 0 Å². The molecular weight excluding hydrogens is 432 g/mol. The Balaban J connectivity index is 0.000000154. The second-order valence-corrected chi connectivity index (χ2v) is 8.45. The van der Waals surface area contributed by atoms with Gasteiger partial charge in [-0.2, -0.15) is 0 Å². The van der Waals surface area contributed by atoms with Crippen LogP contribution in [0.25, 0.3) is 0 Å². The minimum absolute atomic E-state index is 0.144. The largest absolute Gasteiger partial charge is 0.507 e. The lowest BCUT2D eigenvalue weighted by atomic mass is 10.2. The Hall–Kier alpha value is -0.900. The maximum absolute atomic E-state index is 9.10. The van der Waals surface area contributed by atoms with Crippen molar-refractivity contribution >= 4 is 15.9 Å². The van der Waals surface area contributed by atoms with Crippen LogP contribution < -0.4 is 4.74 Å². The Kier molecular flexibility index (Phi) is 8.13. The van der Waals surface area contributed by atoms with Crippen LogP contribution in [-0.4, -0.2) is 61.9 Å². The maximum Gasteiger partial charge on any atom is 0.164 e. The zero-order valence-electron chi connectivity index (χ0n) is 17.4. The number of hydrogen-bond donors (Lipinski definition) is 1. The fourth-order valence-corrected chi connectivity index (χ4v) is 3.21. The van der Waals surface area contributed by atoms with Crippen molar-refractivity contribution in [3.8, 4) is 11.5 Å². The summed E-state index contributed by atoms with van der Waals surface area (Å²) in [6, 6.07) is 5.04. The number of hydrogen-bond acceptors (Lipinski definition) is 7. The lowest BCUT2D eigenvalue weighted by molar-refractivity contribution is -0.173. The van der Waals surface area contributed by atoms with Crippen LogP contribution in [0, 0.1) is 0 Å². The molecule has 3 aliphatic rings. The van der Waals surface area contributed by atoms with E-state index in [0.717, 1.165) is 13.2 Å². The molecule has 3 heterocycles. The van der Waals surface area contributed by atoms with E-state index in [1.54, 1.807) is 25.3 Å². The van der Waals surface area contributed by atoms with Crippen LogP contribution in [0.2, 0.25) is 0 Å². The second-order valence-electron chi connectivity index (χ2n) is 7.59. The Morgan fingerprint density at radius 3 is 2.18 bits per heavy atom. The van der Waals surface area contributed by atoms with Gasteiger partial charge in [0.15, 0.2) is 11.6 Å². The Morgan fingerprint density at radius 1 is 1.07 bits per heavy atom. The standard InChI is InChI=1S/C8H14O3.C7H7BrO2.C5H10O2/c1-5-7-6(4-9-5)10-8(2,3)11-7;1-10-5-2-3-6(8)7(9)4-5;1-5(2)6-3-4-7-5/h5-7H,4H2,1-3H3;2-4,9H,1H3;3-4H2,1-2H3/t5-,6-,7?;;/m1../s1. The molecule has 3 fully saturated rings. The molecule has 1 aromatic rings. The van der Waals surface area contributed by atoms with Crippen LogP contribution >= 0.6 is 15.9 Å². The quantitative estimate of drug-likeness (QED) is 0.678. The summed E-state index contributed by atoms with van der Waals surface area (Å²) in [7, 11) is 1.56. The van der Waals surface area contributed by atoms with E-state index in [4.69, 9.17) is 33.5 Å². The summed E-state index contributed by atoms with van der Waals surface area (Å²) >= 11 is 3.15. The SMILES string of the molecule is CC1(C)OCCO1.COc1ccc(Br)c(O)c1.C[C@H]1OC[C@H]2OC(C)(C)OC12. The van der Waals surface area contributed by atoms with E-state index in [0.29, 0.717) is 16.8 Å². The highest BCUT2D eigenvalue weighted by Gasteiger charge is 2.48. The molecule has 8 heteroatoms. The van der Waals surface area contributed by atoms with Crippen LogP contribution in [0.4, 0.5) is 0 Å². The van der Waals surface area contributed by atoms with Crippen LogP contribution in [0.3, 0.4) is 0 Å². The van der Waals surface area contributed by atoms with Crippen molar-refractivity contribution in [3.05, 3.63) is 22.7 Å². The summed E-state index contributed by atoms with van der Waals surface area (Å²) in [6.07, 6.45) is 0.478. The number of phenolic OH excluding ortho intramolecular Hbond substituents is 1. The fraction of sp³-hybridized carbons (Fsp3) is 0.700. The van der Waals surface area contributed by atoms with Crippen molar-refractivity contribution in [2.75, 3.05) is 26.9 Å². The van der Waals surface area contributed by atoms with Crippen molar-refractivity contribution in [2.45, 2.75) is 64.5 Å². The summed E-state index contributed by atoms with van der Waals surface area (Å²) < 4.78 is 32.4. The predicted molar refractivity (Wildman–Crippen MR) is 108 cm³/mol. The molecule has 160 valence electrons.